The topological polar surface area (TPSA) is 81.2 Å². The minimum Gasteiger partial charge on any atom is -0.383 e. The van der Waals surface area contributed by atoms with E-state index < -0.39 is 0 Å². The van der Waals surface area contributed by atoms with Gasteiger partial charge in [-0.3, -0.25) is 9.62 Å². The first-order valence-electron chi connectivity index (χ1n) is 11.0. The second kappa shape index (κ2) is 9.16. The van der Waals surface area contributed by atoms with Crippen LogP contribution in [0.4, 0.5) is 5.82 Å². The Hall–Kier alpha value is -2.13. The maximum absolute atomic E-state index is 6.34. The number of hydrogen-bond donors (Lipinski definition) is 2. The fraction of sp³-hybridized carbons (Fsp3) is 0.478. The number of anilines is 1. The highest BCUT2D eigenvalue weighted by atomic mass is 32.2. The first-order valence-corrected chi connectivity index (χ1v) is 12.2. The zero-order chi connectivity index (χ0) is 21.2. The second-order valence-electron chi connectivity index (χ2n) is 8.54. The number of nitrogens with one attached hydrogen (secondary N) is 1. The molecule has 31 heavy (non-hydrogen) atoms. The fourth-order valence-electron chi connectivity index (χ4n) is 4.84. The summed E-state index contributed by atoms with van der Waals surface area (Å²) >= 11 is 1.63. The molecule has 0 atom stereocenters. The lowest BCUT2D eigenvalue weighted by Crippen LogP contribution is -2.42. The lowest BCUT2D eigenvalue weighted by Gasteiger charge is -2.40. The molecular formula is C23H30N6OS. The van der Waals surface area contributed by atoms with Crippen molar-refractivity contribution in [3.63, 3.8) is 0 Å². The van der Waals surface area contributed by atoms with Gasteiger partial charge in [-0.25, -0.2) is 9.97 Å². The largest absolute Gasteiger partial charge is 0.383 e. The molecule has 3 heterocycles. The van der Waals surface area contributed by atoms with Gasteiger partial charge >= 0.3 is 0 Å². The van der Waals surface area contributed by atoms with Crippen molar-refractivity contribution in [2.45, 2.75) is 25.4 Å². The van der Waals surface area contributed by atoms with Crippen LogP contribution < -0.4 is 10.5 Å². The number of morpholine rings is 1. The molecule has 8 heteroatoms. The molecular weight excluding hydrogens is 408 g/mol. The first kappa shape index (κ1) is 20.8. The van der Waals surface area contributed by atoms with E-state index in [4.69, 9.17) is 10.5 Å². The van der Waals surface area contributed by atoms with E-state index >= 15 is 0 Å². The quantitative estimate of drug-likeness (QED) is 0.548. The number of nitrogens with zero attached hydrogens (tertiary/aromatic N) is 4. The lowest BCUT2D eigenvalue weighted by molar-refractivity contribution is 0.0182. The lowest BCUT2D eigenvalue weighted by atomic mass is 9.79. The van der Waals surface area contributed by atoms with Gasteiger partial charge in [0.1, 0.15) is 17.8 Å². The van der Waals surface area contributed by atoms with Crippen LogP contribution in [0, 0.1) is 5.92 Å². The van der Waals surface area contributed by atoms with E-state index in [-0.39, 0.29) is 0 Å². The van der Waals surface area contributed by atoms with Crippen molar-refractivity contribution in [1.82, 2.24) is 24.2 Å². The Morgan fingerprint density at radius 1 is 1.23 bits per heavy atom. The number of rotatable bonds is 7. The summed E-state index contributed by atoms with van der Waals surface area (Å²) in [4.78, 5) is 11.5. The van der Waals surface area contributed by atoms with Gasteiger partial charge in [-0.05, 0) is 42.2 Å². The molecule has 0 amide bonds. The molecule has 1 aliphatic carbocycles. The van der Waals surface area contributed by atoms with Gasteiger partial charge in [-0.15, -0.1) is 0 Å². The summed E-state index contributed by atoms with van der Waals surface area (Å²) in [5.74, 6) is 1.29. The predicted molar refractivity (Wildman–Crippen MR) is 127 cm³/mol. The van der Waals surface area contributed by atoms with Crippen molar-refractivity contribution in [2.75, 3.05) is 44.8 Å². The fourth-order valence-corrected chi connectivity index (χ4v) is 5.15. The Kier molecular flexibility index (Phi) is 6.13. The maximum atomic E-state index is 6.34. The monoisotopic (exact) mass is 438 g/mol. The Labute approximate surface area is 187 Å². The molecule has 0 bridgehead atoms. The van der Waals surface area contributed by atoms with E-state index in [1.54, 1.807) is 18.3 Å². The summed E-state index contributed by atoms with van der Waals surface area (Å²) < 4.78 is 11.1. The Morgan fingerprint density at radius 3 is 2.87 bits per heavy atom. The van der Waals surface area contributed by atoms with E-state index in [0.717, 1.165) is 60.9 Å². The van der Waals surface area contributed by atoms with Crippen LogP contribution >= 0.6 is 11.9 Å². The summed E-state index contributed by atoms with van der Waals surface area (Å²) in [6.07, 6.45) is 8.23. The third-order valence-corrected chi connectivity index (χ3v) is 6.95. The number of benzene rings is 1. The average Bonchev–Trinajstić information content (AvgIpc) is 3.16. The van der Waals surface area contributed by atoms with Gasteiger partial charge in [0.25, 0.3) is 0 Å². The Balaban J connectivity index is 1.40. The van der Waals surface area contributed by atoms with Crippen LogP contribution in [0.3, 0.4) is 0 Å². The van der Waals surface area contributed by atoms with Crippen molar-refractivity contribution in [1.29, 1.82) is 0 Å². The highest BCUT2D eigenvalue weighted by Crippen LogP contribution is 2.43. The third kappa shape index (κ3) is 4.30. The maximum Gasteiger partial charge on any atom is 0.146 e. The van der Waals surface area contributed by atoms with Crippen molar-refractivity contribution in [2.24, 2.45) is 5.92 Å². The van der Waals surface area contributed by atoms with E-state index in [1.807, 2.05) is 6.26 Å². The van der Waals surface area contributed by atoms with Gasteiger partial charge in [-0.2, -0.15) is 0 Å². The van der Waals surface area contributed by atoms with Gasteiger partial charge in [0, 0.05) is 44.0 Å². The van der Waals surface area contributed by atoms with Crippen LogP contribution in [0.15, 0.2) is 36.8 Å². The van der Waals surface area contributed by atoms with Crippen molar-refractivity contribution in [3.05, 3.63) is 42.4 Å². The number of ether oxygens (including phenoxy) is 1. The highest BCUT2D eigenvalue weighted by molar-refractivity contribution is 7.96. The molecule has 1 aliphatic heterocycles. The molecule has 5 rings (SSSR count). The number of hydrogen-bond acceptors (Lipinski definition) is 7. The van der Waals surface area contributed by atoms with Crippen LogP contribution in [0.25, 0.3) is 22.2 Å². The van der Waals surface area contributed by atoms with Crippen LogP contribution in [-0.4, -0.2) is 58.5 Å². The van der Waals surface area contributed by atoms with Gasteiger partial charge < -0.3 is 15.0 Å². The summed E-state index contributed by atoms with van der Waals surface area (Å²) in [6.45, 7) is 5.85. The summed E-state index contributed by atoms with van der Waals surface area (Å²) in [5, 5.41) is 0.967. The van der Waals surface area contributed by atoms with Gasteiger partial charge in [0.15, 0.2) is 0 Å². The second-order valence-corrected chi connectivity index (χ2v) is 9.23. The minimum atomic E-state index is 0.470. The standard InChI is InChI=1S/C23H30N6OS/c1-31-27-12-16-3-2-4-18(9-16)20-14-29(23-21(20)22(24)25-15-26-23)19-10-17(11-19)13-28-5-7-30-8-6-28/h2-4,9,14-15,17,19,27H,5-8,10-13H2,1H3,(H2,24,25,26). The number of fused-ring (bicyclic) bond motifs is 1. The number of nitrogens with two attached hydrogens (primary N) is 1. The van der Waals surface area contributed by atoms with E-state index in [9.17, 15) is 0 Å². The normalized spacial score (nSPS) is 22.0. The van der Waals surface area contributed by atoms with Crippen LogP contribution in [0.5, 0.6) is 0 Å². The number of nitrogen functional groups attached to an aromatic ring is 1. The molecule has 2 aromatic heterocycles. The van der Waals surface area contributed by atoms with Crippen LogP contribution in [0.1, 0.15) is 24.4 Å². The van der Waals surface area contributed by atoms with Gasteiger partial charge in [-0.1, -0.05) is 30.1 Å². The van der Waals surface area contributed by atoms with E-state index in [0.29, 0.717) is 11.9 Å². The minimum absolute atomic E-state index is 0.470. The Morgan fingerprint density at radius 2 is 2.06 bits per heavy atom. The molecule has 0 unspecified atom stereocenters. The van der Waals surface area contributed by atoms with E-state index in [1.165, 1.54) is 24.9 Å². The summed E-state index contributed by atoms with van der Waals surface area (Å²) in [7, 11) is 0. The molecule has 3 aromatic rings. The van der Waals surface area contributed by atoms with Crippen molar-refractivity contribution < 1.29 is 4.74 Å². The molecule has 0 spiro atoms. The van der Waals surface area contributed by atoms with Crippen molar-refractivity contribution >= 4 is 28.8 Å². The van der Waals surface area contributed by atoms with Crippen molar-refractivity contribution in [3.8, 4) is 11.1 Å². The van der Waals surface area contributed by atoms with Crippen LogP contribution in [-0.2, 0) is 11.3 Å². The molecule has 3 N–H and O–H groups in total. The molecule has 1 saturated carbocycles. The van der Waals surface area contributed by atoms with Gasteiger partial charge in [0.05, 0.1) is 18.6 Å². The van der Waals surface area contributed by atoms with Gasteiger partial charge in [0.2, 0.25) is 0 Å². The van der Waals surface area contributed by atoms with Crippen LogP contribution in [0.2, 0.25) is 0 Å². The highest BCUT2D eigenvalue weighted by Gasteiger charge is 2.33. The summed E-state index contributed by atoms with van der Waals surface area (Å²) in [6, 6.07) is 9.11. The number of aromatic nitrogens is 3. The molecule has 2 fully saturated rings. The zero-order valence-electron chi connectivity index (χ0n) is 18.0. The molecule has 1 aromatic carbocycles. The smallest absolute Gasteiger partial charge is 0.146 e. The molecule has 1 saturated heterocycles. The average molecular weight is 439 g/mol. The third-order valence-electron chi connectivity index (χ3n) is 6.52. The Bertz CT molecular complexity index is 1040. The molecule has 7 nitrogen and oxygen atoms in total. The van der Waals surface area contributed by atoms with E-state index in [2.05, 4.69) is 54.6 Å². The first-order chi connectivity index (χ1) is 15.2. The zero-order valence-corrected chi connectivity index (χ0v) is 18.8. The predicted octanol–water partition coefficient (Wildman–Crippen LogP) is 3.33. The SMILES string of the molecule is CSNCc1cccc(-c2cn(C3CC(CN4CCOCC4)C3)c3ncnc(N)c23)c1. The molecule has 164 valence electrons. The molecule has 2 aliphatic rings. The molecule has 0 radical (unpaired) electrons. The summed E-state index contributed by atoms with van der Waals surface area (Å²) in [5.41, 5.74) is 10.8.